The van der Waals surface area contributed by atoms with E-state index < -0.39 is 23.1 Å². The summed E-state index contributed by atoms with van der Waals surface area (Å²) in [4.78, 5) is 37.9. The highest BCUT2D eigenvalue weighted by atomic mass is 35.5. The number of ether oxygens (including phenoxy) is 2. The molecule has 3 aromatic rings. The number of nitrogens with zero attached hydrogens (tertiary/aromatic N) is 3. The maximum Gasteiger partial charge on any atom is 0.345 e. The zero-order valence-corrected chi connectivity index (χ0v) is 21.4. The lowest BCUT2D eigenvalue weighted by Gasteiger charge is -2.60. The highest BCUT2D eigenvalue weighted by Gasteiger charge is 2.75. The maximum absolute atomic E-state index is 14.4. The van der Waals surface area contributed by atoms with Crippen LogP contribution in [-0.2, 0) is 11.8 Å². The molecule has 8 nitrogen and oxygen atoms in total. The number of aromatic nitrogens is 2. The molecule has 1 saturated heterocycles. The Bertz CT molecular complexity index is 1470. The van der Waals surface area contributed by atoms with Crippen molar-refractivity contribution in [2.45, 2.75) is 36.0 Å². The van der Waals surface area contributed by atoms with Crippen molar-refractivity contribution in [2.24, 2.45) is 5.92 Å². The van der Waals surface area contributed by atoms with Crippen molar-refractivity contribution in [3.63, 3.8) is 0 Å². The van der Waals surface area contributed by atoms with E-state index in [9.17, 15) is 14.7 Å². The summed E-state index contributed by atoms with van der Waals surface area (Å²) in [7, 11) is 2.10. The van der Waals surface area contributed by atoms with Crippen LogP contribution in [0.15, 0.2) is 73.3 Å². The lowest BCUT2D eigenvalue weighted by atomic mass is 9.47. The van der Waals surface area contributed by atoms with E-state index in [0.717, 1.165) is 24.1 Å². The van der Waals surface area contributed by atoms with Crippen LogP contribution in [0.1, 0.15) is 38.3 Å². The molecule has 0 unspecified atom stereocenters. The van der Waals surface area contributed by atoms with E-state index in [4.69, 9.17) is 9.47 Å². The summed E-state index contributed by atoms with van der Waals surface area (Å²) in [6.07, 6.45) is 10.1. The number of ketones is 1. The van der Waals surface area contributed by atoms with Crippen molar-refractivity contribution < 1.29 is 24.2 Å². The van der Waals surface area contributed by atoms with Gasteiger partial charge in [0.25, 0.3) is 0 Å². The fraction of sp³-hybridized carbons (Fsp3) is 0.310. The largest absolute Gasteiger partial charge is 0.471 e. The standard InChI is InChI=1S/C29H25N3O5.ClH/c1-32-13-10-28-20-7-9-23(33)29(28,26(34)18-4-2-11-30-15-18)37-25-22(8-6-17(24(25)28)14-21(20)32)36-27(35)19-5-3-12-31-16-19;/h2-9,11-12,15-16,20-21,23,33H,10,13-14H2,1H3;1H/t20-,21+,23-,28-,29+;/m0./s1. The predicted octanol–water partition coefficient (Wildman–Crippen LogP) is 3.18. The molecule has 2 bridgehead atoms. The van der Waals surface area contributed by atoms with Crippen LogP contribution in [0.4, 0.5) is 0 Å². The Balaban J connectivity index is 0.00000264. The summed E-state index contributed by atoms with van der Waals surface area (Å²) in [5.41, 5.74) is 0.176. The highest BCUT2D eigenvalue weighted by molar-refractivity contribution is 6.06. The average Bonchev–Trinajstić information content (AvgIpc) is 3.26. The summed E-state index contributed by atoms with van der Waals surface area (Å²) in [5, 5.41) is 11.6. The molecule has 9 heteroatoms. The number of hydrogen-bond donors (Lipinski definition) is 1. The fourth-order valence-corrected chi connectivity index (χ4v) is 7.12. The smallest absolute Gasteiger partial charge is 0.345 e. The average molecular weight is 532 g/mol. The molecule has 4 aliphatic rings. The van der Waals surface area contributed by atoms with Gasteiger partial charge in [0.05, 0.1) is 11.0 Å². The molecule has 2 aromatic heterocycles. The number of carbonyl (C=O) groups excluding carboxylic acids is 2. The van der Waals surface area contributed by atoms with E-state index in [0.29, 0.717) is 23.3 Å². The van der Waals surface area contributed by atoms with Crippen molar-refractivity contribution in [2.75, 3.05) is 13.6 Å². The van der Waals surface area contributed by atoms with Crippen LogP contribution in [0.2, 0.25) is 0 Å². The summed E-state index contributed by atoms with van der Waals surface area (Å²) in [6, 6.07) is 10.5. The first-order valence-electron chi connectivity index (χ1n) is 12.5. The maximum atomic E-state index is 14.4. The molecule has 38 heavy (non-hydrogen) atoms. The van der Waals surface area contributed by atoms with Crippen molar-refractivity contribution >= 4 is 24.2 Å². The highest BCUT2D eigenvalue weighted by Crippen LogP contribution is 2.67. The number of halogens is 1. The number of carbonyl (C=O) groups is 2. The van der Waals surface area contributed by atoms with Crippen LogP contribution in [0.5, 0.6) is 11.5 Å². The van der Waals surface area contributed by atoms with Crippen LogP contribution in [0, 0.1) is 5.92 Å². The number of pyridine rings is 2. The summed E-state index contributed by atoms with van der Waals surface area (Å²) in [6.45, 7) is 0.742. The Labute approximate surface area is 225 Å². The number of rotatable bonds is 4. The van der Waals surface area contributed by atoms with Crippen LogP contribution in [0.25, 0.3) is 0 Å². The first-order chi connectivity index (χ1) is 18.0. The molecule has 1 aromatic carbocycles. The molecule has 7 rings (SSSR count). The number of aliphatic hydroxyl groups is 1. The minimum atomic E-state index is -1.61. The summed E-state index contributed by atoms with van der Waals surface area (Å²) >= 11 is 0. The summed E-state index contributed by atoms with van der Waals surface area (Å²) in [5.74, 6) is -0.353. The van der Waals surface area contributed by atoms with Crippen LogP contribution >= 0.6 is 12.4 Å². The lowest BCUT2D eigenvalue weighted by molar-refractivity contribution is -0.0960. The van der Waals surface area contributed by atoms with Gasteiger partial charge < -0.3 is 19.5 Å². The minimum Gasteiger partial charge on any atom is -0.471 e. The third-order valence-corrected chi connectivity index (χ3v) is 8.70. The third-order valence-electron chi connectivity index (χ3n) is 8.70. The van der Waals surface area contributed by atoms with Crippen molar-refractivity contribution in [1.82, 2.24) is 14.9 Å². The van der Waals surface area contributed by atoms with Crippen LogP contribution in [0.3, 0.4) is 0 Å². The van der Waals surface area contributed by atoms with E-state index in [1.807, 2.05) is 6.07 Å². The zero-order valence-electron chi connectivity index (χ0n) is 20.6. The second-order valence-electron chi connectivity index (χ2n) is 10.3. The van der Waals surface area contributed by atoms with Gasteiger partial charge in [-0.25, -0.2) is 4.79 Å². The summed E-state index contributed by atoms with van der Waals surface area (Å²) < 4.78 is 12.6. The van der Waals surface area contributed by atoms with Gasteiger partial charge >= 0.3 is 5.97 Å². The monoisotopic (exact) mass is 531 g/mol. The van der Waals surface area contributed by atoms with Gasteiger partial charge in [0, 0.05) is 47.9 Å². The Morgan fingerprint density at radius 2 is 1.82 bits per heavy atom. The normalized spacial score (nSPS) is 30.0. The molecule has 5 atom stereocenters. The van der Waals surface area contributed by atoms with Gasteiger partial charge in [0.1, 0.15) is 6.10 Å². The van der Waals surface area contributed by atoms with E-state index >= 15 is 0 Å². The van der Waals surface area contributed by atoms with Crippen molar-refractivity contribution in [1.29, 1.82) is 0 Å². The van der Waals surface area contributed by atoms with E-state index in [1.165, 1.54) is 12.4 Å². The molecule has 2 aliphatic carbocycles. The minimum absolute atomic E-state index is 0. The SMILES string of the molecule is CN1CC[C@]23c4c5ccc(OC(=O)c6cccnc6)c4O[C@@]2(C(=O)c2cccnc2)[C@@H](O)C=C[C@H]3[C@H]1C5.Cl. The van der Waals surface area contributed by atoms with Crippen molar-refractivity contribution in [3.8, 4) is 11.5 Å². The number of aliphatic hydroxyl groups excluding tert-OH is 1. The Morgan fingerprint density at radius 3 is 2.53 bits per heavy atom. The lowest BCUT2D eigenvalue weighted by Crippen LogP contribution is -2.73. The van der Waals surface area contributed by atoms with Gasteiger partial charge in [-0.3, -0.25) is 14.8 Å². The Morgan fingerprint density at radius 1 is 1.08 bits per heavy atom. The Hall–Kier alpha value is -3.59. The van der Waals surface area contributed by atoms with Crippen LogP contribution < -0.4 is 9.47 Å². The number of likely N-dealkylation sites (N-methyl/N-ethyl adjacent to an activating group) is 1. The molecule has 0 saturated carbocycles. The second kappa shape index (κ2) is 8.73. The third kappa shape index (κ3) is 3.05. The van der Waals surface area contributed by atoms with Gasteiger partial charge in [0.2, 0.25) is 11.4 Å². The van der Waals surface area contributed by atoms with E-state index in [-0.39, 0.29) is 35.9 Å². The molecule has 0 amide bonds. The van der Waals surface area contributed by atoms with E-state index in [1.54, 1.807) is 48.8 Å². The van der Waals surface area contributed by atoms with Gasteiger partial charge in [-0.1, -0.05) is 18.2 Å². The molecule has 2 aliphatic heterocycles. The topological polar surface area (TPSA) is 102 Å². The Kier molecular flexibility index (Phi) is 5.68. The molecule has 0 radical (unpaired) electrons. The first-order valence-corrected chi connectivity index (χ1v) is 12.5. The number of esters is 1. The molecule has 194 valence electrons. The molecule has 1 N–H and O–H groups in total. The fourth-order valence-electron chi connectivity index (χ4n) is 7.12. The van der Waals surface area contributed by atoms with Crippen LogP contribution in [-0.4, -0.2) is 63.1 Å². The number of hydrogen-bond acceptors (Lipinski definition) is 8. The first kappa shape index (κ1) is 24.7. The number of benzene rings is 1. The molecule has 1 spiro atoms. The quantitative estimate of drug-likeness (QED) is 0.237. The van der Waals surface area contributed by atoms with Crippen molar-refractivity contribution in [3.05, 3.63) is 95.6 Å². The molecular formula is C29H26ClN3O5. The van der Waals surface area contributed by atoms with Gasteiger partial charge in [-0.05, 0) is 62.3 Å². The predicted molar refractivity (Wildman–Crippen MR) is 140 cm³/mol. The van der Waals surface area contributed by atoms with E-state index in [2.05, 4.69) is 28.0 Å². The number of piperidine rings is 1. The van der Waals surface area contributed by atoms with Gasteiger partial charge in [0.15, 0.2) is 11.5 Å². The number of Topliss-reactive ketones (excluding diaryl/α,β-unsaturated/α-hetero) is 1. The number of likely N-dealkylation sites (tertiary alicyclic amines) is 1. The molecular weight excluding hydrogens is 506 g/mol. The molecule has 1 fully saturated rings. The molecule has 4 heterocycles. The zero-order chi connectivity index (χ0) is 25.4. The second-order valence-corrected chi connectivity index (χ2v) is 10.3. The van der Waals surface area contributed by atoms with Gasteiger partial charge in [-0.2, -0.15) is 0 Å². The van der Waals surface area contributed by atoms with Gasteiger partial charge in [-0.15, -0.1) is 12.4 Å².